The molecule has 0 aliphatic heterocycles. The van der Waals surface area contributed by atoms with E-state index in [1.54, 1.807) is 19.1 Å². The minimum Gasteiger partial charge on any atom is -0.478 e. The van der Waals surface area contributed by atoms with E-state index in [4.69, 9.17) is 5.11 Å². The summed E-state index contributed by atoms with van der Waals surface area (Å²) in [6.07, 6.45) is -1.30. The maximum atomic E-state index is 13.8. The van der Waals surface area contributed by atoms with Crippen LogP contribution in [0.1, 0.15) is 40.9 Å². The highest BCUT2D eigenvalue weighted by molar-refractivity contribution is 5.87. The van der Waals surface area contributed by atoms with E-state index in [9.17, 15) is 23.5 Å². The molecular weight excluding hydrogens is 358 g/mol. The van der Waals surface area contributed by atoms with E-state index in [0.29, 0.717) is 5.56 Å². The van der Waals surface area contributed by atoms with Gasteiger partial charge < -0.3 is 20.8 Å². The quantitative estimate of drug-likeness (QED) is 0.595. The molecule has 0 aliphatic carbocycles. The van der Waals surface area contributed by atoms with E-state index in [1.807, 2.05) is 0 Å². The Balaban J connectivity index is 1.97. The molecule has 2 atom stereocenters. The molecule has 6 nitrogen and oxygen atoms in total. The van der Waals surface area contributed by atoms with Gasteiger partial charge in [-0.15, -0.1) is 0 Å². The molecular formula is C19H20F2N2O4. The van der Waals surface area contributed by atoms with Crippen molar-refractivity contribution in [2.75, 3.05) is 0 Å². The van der Waals surface area contributed by atoms with Crippen molar-refractivity contribution in [3.8, 4) is 0 Å². The van der Waals surface area contributed by atoms with Gasteiger partial charge in [0.15, 0.2) is 0 Å². The van der Waals surface area contributed by atoms with Gasteiger partial charge in [0, 0.05) is 6.54 Å². The fourth-order valence-electron chi connectivity index (χ4n) is 2.57. The number of aliphatic hydroxyl groups is 1. The van der Waals surface area contributed by atoms with Crippen LogP contribution in [0, 0.1) is 11.6 Å². The Hall–Kier alpha value is -3.00. The number of hydrogen-bond acceptors (Lipinski definition) is 3. The third kappa shape index (κ3) is 5.24. The number of amides is 2. The lowest BCUT2D eigenvalue weighted by molar-refractivity contribution is 0.0697. The molecule has 2 rings (SSSR count). The van der Waals surface area contributed by atoms with Gasteiger partial charge in [0.1, 0.15) is 17.7 Å². The largest absolute Gasteiger partial charge is 0.478 e. The van der Waals surface area contributed by atoms with Crippen LogP contribution in [-0.4, -0.2) is 28.3 Å². The molecule has 0 heterocycles. The van der Waals surface area contributed by atoms with Gasteiger partial charge in [-0.2, -0.15) is 0 Å². The zero-order valence-corrected chi connectivity index (χ0v) is 14.6. The van der Waals surface area contributed by atoms with Crippen LogP contribution in [0.5, 0.6) is 0 Å². The number of benzene rings is 2. The number of carbonyl (C=O) groups excluding carboxylic acids is 1. The molecule has 2 unspecified atom stereocenters. The molecule has 2 aromatic rings. The Labute approximate surface area is 154 Å². The maximum absolute atomic E-state index is 13.8. The molecule has 0 saturated heterocycles. The van der Waals surface area contributed by atoms with Crippen LogP contribution in [0.15, 0.2) is 42.5 Å². The van der Waals surface area contributed by atoms with Crippen molar-refractivity contribution < 1.29 is 28.6 Å². The fourth-order valence-corrected chi connectivity index (χ4v) is 2.57. The van der Waals surface area contributed by atoms with Gasteiger partial charge in [0.25, 0.3) is 0 Å². The number of nitrogens with one attached hydrogen (secondary N) is 2. The lowest BCUT2D eigenvalue weighted by atomic mass is 9.99. The van der Waals surface area contributed by atoms with Crippen molar-refractivity contribution in [2.24, 2.45) is 0 Å². The summed E-state index contributed by atoms with van der Waals surface area (Å²) in [6, 6.07) is 7.69. The summed E-state index contributed by atoms with van der Waals surface area (Å²) in [5, 5.41) is 24.2. The van der Waals surface area contributed by atoms with Crippen molar-refractivity contribution in [2.45, 2.75) is 32.0 Å². The number of hydrogen-bond donors (Lipinski definition) is 4. The average molecular weight is 378 g/mol. The molecule has 2 aromatic carbocycles. The summed E-state index contributed by atoms with van der Waals surface area (Å²) >= 11 is 0. The zero-order chi connectivity index (χ0) is 20.0. The third-order valence-electron chi connectivity index (χ3n) is 4.09. The lowest BCUT2D eigenvalue weighted by Gasteiger charge is -2.24. The summed E-state index contributed by atoms with van der Waals surface area (Å²) < 4.78 is 27.6. The monoisotopic (exact) mass is 378 g/mol. The van der Waals surface area contributed by atoms with Crippen molar-refractivity contribution in [3.63, 3.8) is 0 Å². The summed E-state index contributed by atoms with van der Waals surface area (Å²) in [7, 11) is 0. The smallest absolute Gasteiger partial charge is 0.335 e. The van der Waals surface area contributed by atoms with Crippen LogP contribution in [0.2, 0.25) is 0 Å². The first kappa shape index (κ1) is 20.3. The number of carboxylic acids is 1. The second-order valence-electron chi connectivity index (χ2n) is 5.92. The Kier molecular flexibility index (Phi) is 6.84. The molecule has 144 valence electrons. The van der Waals surface area contributed by atoms with Crippen molar-refractivity contribution in [1.82, 2.24) is 10.6 Å². The van der Waals surface area contributed by atoms with E-state index >= 15 is 0 Å². The number of halogens is 2. The van der Waals surface area contributed by atoms with Crippen LogP contribution in [0.4, 0.5) is 13.6 Å². The highest BCUT2D eigenvalue weighted by Gasteiger charge is 2.26. The number of urea groups is 1. The van der Waals surface area contributed by atoms with Crippen molar-refractivity contribution >= 4 is 12.0 Å². The summed E-state index contributed by atoms with van der Waals surface area (Å²) in [5.41, 5.74) is 0.307. The van der Waals surface area contributed by atoms with Gasteiger partial charge in [-0.05, 0) is 36.2 Å². The molecule has 2 amide bonds. The number of carbonyl (C=O) groups is 2. The van der Waals surface area contributed by atoms with E-state index in [1.165, 1.54) is 18.2 Å². The van der Waals surface area contributed by atoms with Crippen LogP contribution in [-0.2, 0) is 6.54 Å². The second-order valence-corrected chi connectivity index (χ2v) is 5.92. The normalized spacial score (nSPS) is 12.9. The van der Waals surface area contributed by atoms with Gasteiger partial charge in [-0.25, -0.2) is 18.4 Å². The molecule has 0 fully saturated rings. The molecule has 0 bridgehead atoms. The first-order chi connectivity index (χ1) is 12.8. The molecule has 0 aliphatic rings. The van der Waals surface area contributed by atoms with Gasteiger partial charge >= 0.3 is 12.0 Å². The predicted octanol–water partition coefficient (Wildman–Crippen LogP) is 2.97. The maximum Gasteiger partial charge on any atom is 0.335 e. The number of rotatable bonds is 7. The third-order valence-corrected chi connectivity index (χ3v) is 4.09. The number of carboxylic acid groups (broad SMARTS) is 1. The first-order valence-electron chi connectivity index (χ1n) is 8.32. The minimum absolute atomic E-state index is 0.117. The summed E-state index contributed by atoms with van der Waals surface area (Å²) in [4.78, 5) is 22.9. The first-order valence-corrected chi connectivity index (χ1v) is 8.32. The van der Waals surface area contributed by atoms with Crippen LogP contribution in [0.3, 0.4) is 0 Å². The lowest BCUT2D eigenvalue weighted by Crippen LogP contribution is -2.44. The Bertz CT molecular complexity index is 792. The topological polar surface area (TPSA) is 98.7 Å². The van der Waals surface area contributed by atoms with Crippen LogP contribution < -0.4 is 10.6 Å². The zero-order valence-electron chi connectivity index (χ0n) is 14.6. The van der Waals surface area contributed by atoms with Gasteiger partial charge in [0.05, 0.1) is 17.2 Å². The predicted molar refractivity (Wildman–Crippen MR) is 94.2 cm³/mol. The SMILES string of the molecule is CCC(NC(=O)NCc1ccc(C(=O)O)cc1)C(O)c1c(F)cccc1F. The molecule has 27 heavy (non-hydrogen) atoms. The van der Waals surface area contributed by atoms with E-state index in [-0.39, 0.29) is 18.5 Å². The van der Waals surface area contributed by atoms with E-state index in [2.05, 4.69) is 10.6 Å². The fraction of sp³-hybridized carbons (Fsp3) is 0.263. The van der Waals surface area contributed by atoms with Crippen LogP contribution in [0.25, 0.3) is 0 Å². The molecule has 4 N–H and O–H groups in total. The second kappa shape index (κ2) is 9.09. The van der Waals surface area contributed by atoms with Crippen molar-refractivity contribution in [3.05, 3.63) is 70.8 Å². The Morgan fingerprint density at radius 2 is 1.67 bits per heavy atom. The Morgan fingerprint density at radius 3 is 2.19 bits per heavy atom. The van der Waals surface area contributed by atoms with E-state index in [0.717, 1.165) is 12.1 Å². The van der Waals surface area contributed by atoms with Crippen molar-refractivity contribution in [1.29, 1.82) is 0 Å². The molecule has 0 radical (unpaired) electrons. The molecule has 0 saturated carbocycles. The molecule has 8 heteroatoms. The van der Waals surface area contributed by atoms with Gasteiger partial charge in [-0.3, -0.25) is 0 Å². The Morgan fingerprint density at radius 1 is 1.07 bits per heavy atom. The summed E-state index contributed by atoms with van der Waals surface area (Å²) in [6.45, 7) is 1.78. The standard InChI is InChI=1S/C19H20F2N2O4/c1-2-15(17(24)16-13(20)4-3-5-14(16)21)23-19(27)22-10-11-6-8-12(9-7-11)18(25)26/h3-9,15,17,24H,2,10H2,1H3,(H,25,26)(H2,22,23,27). The van der Waals surface area contributed by atoms with E-state index < -0.39 is 41.3 Å². The number of aliphatic hydroxyl groups excluding tert-OH is 1. The summed E-state index contributed by atoms with van der Waals surface area (Å²) in [5.74, 6) is -2.82. The average Bonchev–Trinajstić information content (AvgIpc) is 2.64. The highest BCUT2D eigenvalue weighted by Crippen LogP contribution is 2.24. The molecule has 0 spiro atoms. The van der Waals surface area contributed by atoms with Crippen LogP contribution >= 0.6 is 0 Å². The highest BCUT2D eigenvalue weighted by atomic mass is 19.1. The van der Waals surface area contributed by atoms with Gasteiger partial charge in [-0.1, -0.05) is 25.1 Å². The van der Waals surface area contributed by atoms with Gasteiger partial charge in [0.2, 0.25) is 0 Å². The number of aromatic carboxylic acids is 1. The minimum atomic E-state index is -1.54. The molecule has 0 aromatic heterocycles.